The first-order valence-electron chi connectivity index (χ1n) is 10.9. The van der Waals surface area contributed by atoms with Gasteiger partial charge in [-0.2, -0.15) is 13.8 Å². The standard InChI is InChI=1S/C22H18.2C2H6.2C2H5.5CH4.4CH3.4Y/c1-3-7-19(8-4-1)11-13-21-15-17-22(18-16-21)14-12-20-9-5-2-6-10-20;4*1-2;;;;;;;;;;;;;/h1-18H;2*1-2H3;2*1H2,2H3;5*1H4;4*1H3;;;;/q;;;2*-1;;;;;;4*-1;;;;. The smallest absolute Gasteiger partial charge is 0 e. The predicted octanol–water partition coefficient (Wildman–Crippen LogP) is 14.7. The first-order valence-corrected chi connectivity index (χ1v) is 10.9. The summed E-state index contributed by atoms with van der Waals surface area (Å²) in [6, 6.07) is 29.3. The number of hydrogen-bond acceptors (Lipinski definition) is 0. The van der Waals surface area contributed by atoms with Gasteiger partial charge in [-0.15, -0.1) is 0 Å². The minimum absolute atomic E-state index is 0. The van der Waals surface area contributed by atoms with E-state index in [2.05, 4.69) is 111 Å². The van der Waals surface area contributed by atoms with Gasteiger partial charge in [0.05, 0.1) is 0 Å². The van der Waals surface area contributed by atoms with Crippen LogP contribution in [0.2, 0.25) is 0 Å². The van der Waals surface area contributed by atoms with E-state index in [1.165, 1.54) is 22.3 Å². The van der Waals surface area contributed by atoms with Crippen molar-refractivity contribution in [2.24, 2.45) is 0 Å². The Balaban J connectivity index is -0.0000000267. The molecule has 0 aromatic heterocycles. The van der Waals surface area contributed by atoms with Crippen molar-refractivity contribution in [2.45, 2.75) is 78.7 Å². The first kappa shape index (κ1) is 96.8. The van der Waals surface area contributed by atoms with E-state index in [0.717, 1.165) is 0 Å². The molecule has 0 fully saturated rings. The second-order valence-corrected chi connectivity index (χ2v) is 5.15. The maximum absolute atomic E-state index is 3.25. The Morgan fingerprint density at radius 3 is 0.628 bits per heavy atom. The Bertz CT molecular complexity index is 699. The van der Waals surface area contributed by atoms with E-state index in [1.54, 1.807) is 13.8 Å². The van der Waals surface area contributed by atoms with Crippen LogP contribution in [0.1, 0.15) is 101 Å². The summed E-state index contributed by atoms with van der Waals surface area (Å²) in [5, 5.41) is 0. The molecule has 0 N–H and O–H groups in total. The third kappa shape index (κ3) is 53.3. The van der Waals surface area contributed by atoms with Crippen molar-refractivity contribution >= 4 is 24.3 Å². The molecule has 4 radical (unpaired) electrons. The quantitative estimate of drug-likeness (QED) is 0.181. The number of rotatable bonds is 4. The Morgan fingerprint density at radius 1 is 0.326 bits per heavy atom. The summed E-state index contributed by atoms with van der Waals surface area (Å²) in [7, 11) is 0. The molecule has 4 heteroatoms. The molecule has 0 atom stereocenters. The van der Waals surface area contributed by atoms with Crippen molar-refractivity contribution in [3.05, 3.63) is 151 Å². The number of hydrogen-bond donors (Lipinski definition) is 0. The van der Waals surface area contributed by atoms with Gasteiger partial charge in [-0.3, -0.25) is 0 Å². The van der Waals surface area contributed by atoms with Gasteiger partial charge in [0.1, 0.15) is 0 Å². The molecule has 0 aliphatic heterocycles. The zero-order valence-electron chi connectivity index (χ0n) is 26.1. The Labute approximate surface area is 378 Å². The topological polar surface area (TPSA) is 0 Å². The van der Waals surface area contributed by atoms with Gasteiger partial charge >= 0.3 is 0 Å². The monoisotopic (exact) mass is 896 g/mol. The average Bonchev–Trinajstić information content (AvgIpc) is 2.88. The summed E-state index contributed by atoms with van der Waals surface area (Å²) >= 11 is 0. The zero-order chi connectivity index (χ0) is 23.0. The minimum atomic E-state index is 0. The fourth-order valence-electron chi connectivity index (χ4n) is 2.23. The summed E-state index contributed by atoms with van der Waals surface area (Å²) in [6.45, 7) is 18.0. The molecule has 0 nitrogen and oxygen atoms in total. The summed E-state index contributed by atoms with van der Waals surface area (Å²) in [5.74, 6) is 0. The molecule has 0 aliphatic rings. The maximum atomic E-state index is 3.25. The molecule has 246 valence electrons. The molecule has 0 saturated carbocycles. The largest absolute Gasteiger partial charge is 0.358 e. The molecule has 0 saturated heterocycles. The van der Waals surface area contributed by atoms with Gasteiger partial charge in [0.15, 0.2) is 0 Å². The van der Waals surface area contributed by atoms with Crippen LogP contribution in [0, 0.1) is 43.6 Å². The second kappa shape index (κ2) is 79.2. The normalized spacial score (nSPS) is 6.33. The summed E-state index contributed by atoms with van der Waals surface area (Å²) in [5.41, 5.74) is 4.85. The van der Waals surface area contributed by atoms with Gasteiger partial charge in [-0.25, -0.2) is 0 Å². The molecule has 3 rings (SSSR count). The van der Waals surface area contributed by atoms with E-state index in [1.807, 2.05) is 39.8 Å². The van der Waals surface area contributed by atoms with Crippen molar-refractivity contribution < 1.29 is 131 Å². The van der Waals surface area contributed by atoms with Crippen molar-refractivity contribution in [2.75, 3.05) is 0 Å². The van der Waals surface area contributed by atoms with E-state index < -0.39 is 0 Å². The van der Waals surface area contributed by atoms with Crippen LogP contribution in [0.25, 0.3) is 24.3 Å². The molecule has 3 aromatic carbocycles. The van der Waals surface area contributed by atoms with Crippen LogP contribution >= 0.6 is 0 Å². The third-order valence-corrected chi connectivity index (χ3v) is 3.47. The molecule has 0 spiro atoms. The van der Waals surface area contributed by atoms with Crippen LogP contribution in [0.4, 0.5) is 0 Å². The molecular weight excluding hydrogens is 824 g/mol. The molecular formula is C39H72Y4-6. The Kier molecular flexibility index (Phi) is 178. The van der Waals surface area contributed by atoms with E-state index in [9.17, 15) is 0 Å². The van der Waals surface area contributed by atoms with Gasteiger partial charge in [-0.05, 0) is 22.3 Å². The molecule has 0 aliphatic carbocycles. The molecule has 0 bridgehead atoms. The van der Waals surface area contributed by atoms with Crippen molar-refractivity contribution in [1.29, 1.82) is 0 Å². The minimum Gasteiger partial charge on any atom is -0.358 e. The van der Waals surface area contributed by atoms with Crippen LogP contribution < -0.4 is 0 Å². The van der Waals surface area contributed by atoms with Crippen LogP contribution in [0.15, 0.2) is 84.9 Å². The average molecular weight is 897 g/mol. The summed E-state index contributed by atoms with van der Waals surface area (Å²) in [4.78, 5) is 0. The van der Waals surface area contributed by atoms with Gasteiger partial charge in [0.2, 0.25) is 0 Å². The number of benzene rings is 3. The fourth-order valence-corrected chi connectivity index (χ4v) is 2.23. The fraction of sp³-hybridized carbons (Fsp3) is 0.282. The Hall–Kier alpha value is 1.56. The summed E-state index contributed by atoms with van der Waals surface area (Å²) < 4.78 is 0. The van der Waals surface area contributed by atoms with E-state index in [-0.39, 0.29) is 198 Å². The zero-order valence-corrected chi connectivity index (χ0v) is 37.5. The van der Waals surface area contributed by atoms with Crippen LogP contribution in [-0.4, -0.2) is 0 Å². The van der Waals surface area contributed by atoms with Crippen molar-refractivity contribution in [3.63, 3.8) is 0 Å². The van der Waals surface area contributed by atoms with Gasteiger partial charge in [0.25, 0.3) is 0 Å². The van der Waals surface area contributed by atoms with E-state index in [4.69, 9.17) is 0 Å². The Morgan fingerprint density at radius 2 is 0.465 bits per heavy atom. The predicted molar refractivity (Wildman–Crippen MR) is 201 cm³/mol. The molecule has 3 aromatic rings. The van der Waals surface area contributed by atoms with E-state index >= 15 is 0 Å². The second-order valence-electron chi connectivity index (χ2n) is 5.15. The maximum Gasteiger partial charge on any atom is 0 e. The first-order chi connectivity index (χ1) is 14.9. The van der Waals surface area contributed by atoms with Gasteiger partial charge in [0, 0.05) is 131 Å². The van der Waals surface area contributed by atoms with Crippen molar-refractivity contribution in [1.82, 2.24) is 0 Å². The van der Waals surface area contributed by atoms with Crippen molar-refractivity contribution in [3.8, 4) is 0 Å². The van der Waals surface area contributed by atoms with E-state index in [0.29, 0.717) is 0 Å². The van der Waals surface area contributed by atoms with Crippen LogP contribution in [0.3, 0.4) is 0 Å². The molecule has 0 unspecified atom stereocenters. The van der Waals surface area contributed by atoms with Crippen LogP contribution in [0.5, 0.6) is 0 Å². The third-order valence-electron chi connectivity index (χ3n) is 3.47. The van der Waals surface area contributed by atoms with Crippen LogP contribution in [-0.2, 0) is 131 Å². The molecule has 0 heterocycles. The van der Waals surface area contributed by atoms with Gasteiger partial charge in [-0.1, -0.05) is 174 Å². The SMILES string of the molecule is C.C.C.C.C.C(=Cc1ccc(C=Cc2ccccc2)cc1)c1ccccc1.CC.CC.[CH2-]C.[CH2-]C.[CH3-].[CH3-].[CH3-].[CH3-].[Y].[Y].[Y].[Y]. The summed E-state index contributed by atoms with van der Waals surface area (Å²) in [6.07, 6.45) is 8.55. The van der Waals surface area contributed by atoms with Gasteiger partial charge < -0.3 is 43.6 Å². The molecule has 0 amide bonds. The molecule has 43 heavy (non-hydrogen) atoms.